The predicted octanol–water partition coefficient (Wildman–Crippen LogP) is 5.87. The van der Waals surface area contributed by atoms with Crippen LogP contribution in [-0.4, -0.2) is 46.2 Å². The molecule has 0 atom stereocenters. The van der Waals surface area contributed by atoms with Crippen LogP contribution < -0.4 is 14.8 Å². The second kappa shape index (κ2) is 11.3. The Morgan fingerprint density at radius 2 is 1.92 bits per heavy atom. The minimum absolute atomic E-state index is 0.0840. The Labute approximate surface area is 221 Å². The van der Waals surface area contributed by atoms with Crippen molar-refractivity contribution in [2.45, 2.75) is 51.5 Å². The van der Waals surface area contributed by atoms with Crippen LogP contribution in [0.5, 0.6) is 17.2 Å². The van der Waals surface area contributed by atoms with E-state index < -0.39 is 0 Å². The molecule has 2 heterocycles. The minimum atomic E-state index is -0.323. The smallest absolute Gasteiger partial charge is 0.257 e. The second-order valence-electron chi connectivity index (χ2n) is 9.43. The molecule has 1 fully saturated rings. The van der Waals surface area contributed by atoms with Crippen molar-refractivity contribution in [1.29, 1.82) is 0 Å². The van der Waals surface area contributed by atoms with Crippen LogP contribution in [0, 0.1) is 0 Å². The molecule has 0 bridgehead atoms. The van der Waals surface area contributed by atoms with Crippen molar-refractivity contribution >= 4 is 29.1 Å². The summed E-state index contributed by atoms with van der Waals surface area (Å²) in [6.45, 7) is 3.59. The van der Waals surface area contributed by atoms with Gasteiger partial charge < -0.3 is 19.7 Å². The number of aromatic nitrogens is 2. The summed E-state index contributed by atoms with van der Waals surface area (Å²) in [5.41, 5.74) is 1.87. The SMILES string of the molecule is CCn1cc(C(=O)N2CCCCCOc3ccccc3Oc3ccc(Cl)cc3NC(=O)C2)c(C2CC2)n1. The molecule has 1 N–H and O–H groups in total. The minimum Gasteiger partial charge on any atom is -0.490 e. The number of rotatable bonds is 3. The molecule has 3 aromatic rings. The summed E-state index contributed by atoms with van der Waals surface area (Å²) in [6.07, 6.45) is 6.33. The second-order valence-corrected chi connectivity index (χ2v) is 9.87. The largest absolute Gasteiger partial charge is 0.490 e. The zero-order chi connectivity index (χ0) is 25.8. The Balaban J connectivity index is 1.42. The molecule has 1 saturated carbocycles. The normalized spacial score (nSPS) is 16.8. The van der Waals surface area contributed by atoms with Crippen LogP contribution >= 0.6 is 11.6 Å². The highest BCUT2D eigenvalue weighted by Crippen LogP contribution is 2.41. The van der Waals surface area contributed by atoms with E-state index in [1.54, 1.807) is 27.8 Å². The zero-order valence-corrected chi connectivity index (χ0v) is 21.7. The Morgan fingerprint density at radius 3 is 2.70 bits per heavy atom. The Kier molecular flexibility index (Phi) is 7.65. The number of amides is 2. The van der Waals surface area contributed by atoms with Crippen molar-refractivity contribution in [3.8, 4) is 17.2 Å². The molecule has 5 rings (SSSR count). The van der Waals surface area contributed by atoms with E-state index in [1.807, 2.05) is 37.4 Å². The highest BCUT2D eigenvalue weighted by molar-refractivity contribution is 6.31. The molecule has 2 aliphatic rings. The molecule has 0 radical (unpaired) electrons. The van der Waals surface area contributed by atoms with Gasteiger partial charge in [-0.05, 0) is 69.4 Å². The lowest BCUT2D eigenvalue weighted by Crippen LogP contribution is -2.39. The number of ether oxygens (including phenoxy) is 2. The van der Waals surface area contributed by atoms with E-state index in [4.69, 9.17) is 21.1 Å². The third-order valence-corrected chi connectivity index (χ3v) is 6.78. The number of fused-ring (bicyclic) bond motifs is 2. The molecule has 2 aromatic carbocycles. The summed E-state index contributed by atoms with van der Waals surface area (Å²) < 4.78 is 13.9. The topological polar surface area (TPSA) is 85.7 Å². The average Bonchev–Trinajstić information content (AvgIpc) is 3.65. The third-order valence-electron chi connectivity index (χ3n) is 6.55. The molecule has 0 saturated heterocycles. The molecule has 37 heavy (non-hydrogen) atoms. The summed E-state index contributed by atoms with van der Waals surface area (Å²) in [6, 6.07) is 12.5. The van der Waals surface area contributed by atoms with Gasteiger partial charge in [-0.2, -0.15) is 5.10 Å². The van der Waals surface area contributed by atoms with Gasteiger partial charge in [0, 0.05) is 30.2 Å². The third kappa shape index (κ3) is 6.07. The number of aryl methyl sites for hydroxylation is 1. The van der Waals surface area contributed by atoms with Crippen LogP contribution in [0.3, 0.4) is 0 Å². The lowest BCUT2D eigenvalue weighted by molar-refractivity contribution is -0.116. The Morgan fingerprint density at radius 1 is 1.11 bits per heavy atom. The average molecular weight is 523 g/mol. The van der Waals surface area contributed by atoms with Crippen molar-refractivity contribution in [2.24, 2.45) is 0 Å². The first-order valence-corrected chi connectivity index (χ1v) is 13.3. The van der Waals surface area contributed by atoms with Crippen LogP contribution in [0.1, 0.15) is 61.0 Å². The van der Waals surface area contributed by atoms with E-state index in [2.05, 4.69) is 10.4 Å². The maximum Gasteiger partial charge on any atom is 0.257 e. The number of anilines is 1. The number of nitrogens with zero attached hydrogens (tertiary/aromatic N) is 3. The quantitative estimate of drug-likeness (QED) is 0.465. The van der Waals surface area contributed by atoms with Gasteiger partial charge in [0.15, 0.2) is 17.2 Å². The molecule has 0 unspecified atom stereocenters. The summed E-state index contributed by atoms with van der Waals surface area (Å²) in [5, 5.41) is 8.00. The Hall–Kier alpha value is -3.52. The molecular formula is C28H31ClN4O4. The summed E-state index contributed by atoms with van der Waals surface area (Å²) >= 11 is 6.24. The fourth-order valence-electron chi connectivity index (χ4n) is 4.43. The van der Waals surface area contributed by atoms with E-state index in [0.29, 0.717) is 59.1 Å². The van der Waals surface area contributed by atoms with Crippen LogP contribution in [0.2, 0.25) is 5.02 Å². The van der Waals surface area contributed by atoms with Crippen LogP contribution in [-0.2, 0) is 11.3 Å². The number of hydrogen-bond donors (Lipinski definition) is 1. The summed E-state index contributed by atoms with van der Waals surface area (Å²) in [7, 11) is 0. The van der Waals surface area contributed by atoms with Gasteiger partial charge in [-0.15, -0.1) is 0 Å². The summed E-state index contributed by atoms with van der Waals surface area (Å²) in [4.78, 5) is 28.5. The van der Waals surface area contributed by atoms with Gasteiger partial charge in [0.1, 0.15) is 6.54 Å². The molecule has 8 nitrogen and oxygen atoms in total. The van der Waals surface area contributed by atoms with Crippen LogP contribution in [0.4, 0.5) is 5.69 Å². The molecule has 1 aliphatic heterocycles. The van der Waals surface area contributed by atoms with E-state index in [0.717, 1.165) is 37.8 Å². The van der Waals surface area contributed by atoms with Crippen LogP contribution in [0.25, 0.3) is 0 Å². The number of carbonyl (C=O) groups excluding carboxylic acids is 2. The van der Waals surface area contributed by atoms with Crippen LogP contribution in [0.15, 0.2) is 48.7 Å². The number of para-hydroxylation sites is 2. The maximum absolute atomic E-state index is 13.7. The van der Waals surface area contributed by atoms with E-state index >= 15 is 0 Å². The van der Waals surface area contributed by atoms with E-state index in [-0.39, 0.29) is 18.4 Å². The van der Waals surface area contributed by atoms with Gasteiger partial charge in [0.25, 0.3) is 5.91 Å². The van der Waals surface area contributed by atoms with Crippen molar-refractivity contribution < 1.29 is 19.1 Å². The first kappa shape index (κ1) is 25.1. The molecule has 194 valence electrons. The number of hydrogen-bond acceptors (Lipinski definition) is 5. The highest BCUT2D eigenvalue weighted by Gasteiger charge is 2.33. The van der Waals surface area contributed by atoms with Crippen molar-refractivity contribution in [3.63, 3.8) is 0 Å². The van der Waals surface area contributed by atoms with Gasteiger partial charge in [-0.3, -0.25) is 14.3 Å². The van der Waals surface area contributed by atoms with E-state index in [1.165, 1.54) is 0 Å². The monoisotopic (exact) mass is 522 g/mol. The number of carbonyl (C=O) groups is 2. The molecule has 2 amide bonds. The molecule has 1 aromatic heterocycles. The molecule has 0 spiro atoms. The van der Waals surface area contributed by atoms with Gasteiger partial charge in [0.2, 0.25) is 5.91 Å². The molecular weight excluding hydrogens is 492 g/mol. The molecule has 1 aliphatic carbocycles. The lowest BCUT2D eigenvalue weighted by Gasteiger charge is -2.22. The lowest BCUT2D eigenvalue weighted by atomic mass is 10.1. The van der Waals surface area contributed by atoms with Crippen molar-refractivity contribution in [3.05, 3.63) is 64.9 Å². The van der Waals surface area contributed by atoms with Crippen molar-refractivity contribution in [1.82, 2.24) is 14.7 Å². The van der Waals surface area contributed by atoms with Crippen molar-refractivity contribution in [2.75, 3.05) is 25.0 Å². The van der Waals surface area contributed by atoms with Gasteiger partial charge in [-0.25, -0.2) is 0 Å². The fraction of sp³-hybridized carbons (Fsp3) is 0.393. The molecule has 9 heteroatoms. The standard InChI is InChI=1S/C28H31ClN4O4/c1-2-33-17-21(27(31-33)19-10-11-19)28(35)32-14-6-3-7-15-36-24-8-4-5-9-25(24)37-23-13-12-20(29)16-22(23)30-26(34)18-32/h4-5,8-9,12-13,16-17,19H,2-3,6-7,10-11,14-15,18H2,1H3,(H,30,34). The highest BCUT2D eigenvalue weighted by atomic mass is 35.5. The first-order valence-electron chi connectivity index (χ1n) is 12.9. The van der Waals surface area contributed by atoms with Gasteiger partial charge >= 0.3 is 0 Å². The Bertz CT molecular complexity index is 1290. The van der Waals surface area contributed by atoms with E-state index in [9.17, 15) is 9.59 Å². The number of benzene rings is 2. The van der Waals surface area contributed by atoms with Gasteiger partial charge in [0.05, 0.1) is 23.6 Å². The zero-order valence-electron chi connectivity index (χ0n) is 20.9. The first-order chi connectivity index (χ1) is 18.0. The predicted molar refractivity (Wildman–Crippen MR) is 142 cm³/mol. The number of halogens is 1. The number of nitrogens with one attached hydrogen (secondary N) is 1. The fourth-order valence-corrected chi connectivity index (χ4v) is 4.60. The van der Waals surface area contributed by atoms with Gasteiger partial charge in [-0.1, -0.05) is 23.7 Å². The summed E-state index contributed by atoms with van der Waals surface area (Å²) in [5.74, 6) is 1.45. The maximum atomic E-state index is 13.7.